The van der Waals surface area contributed by atoms with Gasteiger partial charge in [0.05, 0.1) is 14.2 Å². The van der Waals surface area contributed by atoms with Crippen LogP contribution in [0.5, 0.6) is 11.5 Å². The van der Waals surface area contributed by atoms with E-state index in [-0.39, 0.29) is 24.8 Å². The molecule has 2 aromatic rings. The Bertz CT molecular complexity index is 965. The van der Waals surface area contributed by atoms with E-state index in [1.54, 1.807) is 44.2 Å². The van der Waals surface area contributed by atoms with Crippen LogP contribution in [0.3, 0.4) is 0 Å². The van der Waals surface area contributed by atoms with Crippen LogP contribution in [0.25, 0.3) is 0 Å². The molecule has 33 heavy (non-hydrogen) atoms. The molecule has 0 bridgehead atoms. The molecule has 0 aliphatic carbocycles. The van der Waals surface area contributed by atoms with Gasteiger partial charge in [0.25, 0.3) is 0 Å². The van der Waals surface area contributed by atoms with Crippen molar-refractivity contribution in [1.82, 2.24) is 10.2 Å². The minimum atomic E-state index is -0.659. The molecule has 0 heterocycles. The molecule has 2 amide bonds. The number of methoxy groups -OCH3 is 2. The molecule has 1 unspecified atom stereocenters. The van der Waals surface area contributed by atoms with Crippen LogP contribution >= 0.6 is 23.2 Å². The number of aryl methyl sites for hydroxylation is 1. The van der Waals surface area contributed by atoms with Crippen LogP contribution in [-0.4, -0.2) is 43.5 Å². The number of hydrogen-bond acceptors (Lipinski definition) is 4. The Morgan fingerprint density at radius 2 is 1.70 bits per heavy atom. The molecule has 0 radical (unpaired) electrons. The zero-order chi connectivity index (χ0) is 24.5. The van der Waals surface area contributed by atoms with Crippen LogP contribution in [-0.2, 0) is 22.6 Å². The van der Waals surface area contributed by atoms with Crippen LogP contribution < -0.4 is 14.8 Å². The molecule has 0 aromatic heterocycles. The Kier molecular flexibility index (Phi) is 10.3. The van der Waals surface area contributed by atoms with Crippen molar-refractivity contribution in [3.63, 3.8) is 0 Å². The molecule has 6 nitrogen and oxygen atoms in total. The van der Waals surface area contributed by atoms with E-state index in [0.29, 0.717) is 40.4 Å². The van der Waals surface area contributed by atoms with Crippen molar-refractivity contribution in [1.29, 1.82) is 0 Å². The standard InChI is InChI=1S/C25H32Cl2N2O4/c1-16(2)14-28-25(31)17(3)29(15-19-8-9-20(26)13-21(19)27)24(30)11-7-18-6-10-22(32-4)23(12-18)33-5/h6,8-10,12-13,16-17H,7,11,14-15H2,1-5H3,(H,28,31). The predicted molar refractivity (Wildman–Crippen MR) is 132 cm³/mol. The molecule has 0 aliphatic rings. The number of halogens is 2. The summed E-state index contributed by atoms with van der Waals surface area (Å²) in [7, 11) is 3.15. The highest BCUT2D eigenvalue weighted by molar-refractivity contribution is 6.35. The van der Waals surface area contributed by atoms with Crippen molar-refractivity contribution >= 4 is 35.0 Å². The average molecular weight is 495 g/mol. The van der Waals surface area contributed by atoms with Gasteiger partial charge < -0.3 is 19.7 Å². The fraction of sp³-hybridized carbons (Fsp3) is 0.440. The van der Waals surface area contributed by atoms with Crippen LogP contribution in [0.15, 0.2) is 36.4 Å². The molecule has 0 saturated heterocycles. The number of amides is 2. The number of nitrogens with zero attached hydrogens (tertiary/aromatic N) is 1. The lowest BCUT2D eigenvalue weighted by molar-refractivity contribution is -0.140. The van der Waals surface area contributed by atoms with E-state index < -0.39 is 6.04 Å². The van der Waals surface area contributed by atoms with E-state index in [1.165, 1.54) is 0 Å². The first-order valence-electron chi connectivity index (χ1n) is 10.9. The molecule has 0 spiro atoms. The molecule has 180 valence electrons. The fourth-order valence-corrected chi connectivity index (χ4v) is 3.77. The third-order valence-corrected chi connectivity index (χ3v) is 5.87. The summed E-state index contributed by atoms with van der Waals surface area (Å²) in [5.41, 5.74) is 1.66. The summed E-state index contributed by atoms with van der Waals surface area (Å²) < 4.78 is 10.6. The number of carbonyl (C=O) groups is 2. The number of hydrogen-bond donors (Lipinski definition) is 1. The van der Waals surface area contributed by atoms with E-state index in [1.807, 2.05) is 32.0 Å². The van der Waals surface area contributed by atoms with Gasteiger partial charge in [-0.3, -0.25) is 9.59 Å². The molecule has 0 aliphatic heterocycles. The van der Waals surface area contributed by atoms with Crippen LogP contribution in [0.2, 0.25) is 10.0 Å². The van der Waals surface area contributed by atoms with E-state index in [2.05, 4.69) is 5.32 Å². The van der Waals surface area contributed by atoms with Gasteiger partial charge in [-0.05, 0) is 54.7 Å². The van der Waals surface area contributed by atoms with Crippen molar-refractivity contribution in [2.75, 3.05) is 20.8 Å². The SMILES string of the molecule is COc1ccc(CCC(=O)N(Cc2ccc(Cl)cc2Cl)C(C)C(=O)NCC(C)C)cc1OC. The topological polar surface area (TPSA) is 67.9 Å². The highest BCUT2D eigenvalue weighted by Crippen LogP contribution is 2.28. The zero-order valence-electron chi connectivity index (χ0n) is 19.8. The maximum atomic E-state index is 13.3. The van der Waals surface area contributed by atoms with Gasteiger partial charge in [0.15, 0.2) is 11.5 Å². The van der Waals surface area contributed by atoms with Crippen molar-refractivity contribution in [3.05, 3.63) is 57.6 Å². The first-order valence-corrected chi connectivity index (χ1v) is 11.6. The second-order valence-corrected chi connectivity index (χ2v) is 9.11. The van der Waals surface area contributed by atoms with Crippen molar-refractivity contribution in [2.45, 2.75) is 46.2 Å². The zero-order valence-corrected chi connectivity index (χ0v) is 21.3. The first-order chi connectivity index (χ1) is 15.7. The molecule has 2 aromatic carbocycles. The van der Waals surface area contributed by atoms with Gasteiger partial charge >= 0.3 is 0 Å². The molecule has 8 heteroatoms. The quantitative estimate of drug-likeness (QED) is 0.469. The summed E-state index contributed by atoms with van der Waals surface area (Å²) in [4.78, 5) is 27.6. The van der Waals surface area contributed by atoms with Gasteiger partial charge in [-0.15, -0.1) is 0 Å². The summed E-state index contributed by atoms with van der Waals surface area (Å²) in [6.45, 7) is 6.51. The second kappa shape index (κ2) is 12.7. The van der Waals surface area contributed by atoms with Crippen molar-refractivity contribution < 1.29 is 19.1 Å². The Balaban J connectivity index is 2.20. The van der Waals surface area contributed by atoms with Crippen LogP contribution in [0.4, 0.5) is 0 Å². The van der Waals surface area contributed by atoms with Gasteiger partial charge in [-0.1, -0.05) is 49.2 Å². The Morgan fingerprint density at radius 1 is 1.00 bits per heavy atom. The minimum absolute atomic E-state index is 0.150. The third-order valence-electron chi connectivity index (χ3n) is 5.28. The summed E-state index contributed by atoms with van der Waals surface area (Å²) >= 11 is 12.4. The maximum Gasteiger partial charge on any atom is 0.242 e. The largest absolute Gasteiger partial charge is 0.493 e. The van der Waals surface area contributed by atoms with E-state index in [9.17, 15) is 9.59 Å². The summed E-state index contributed by atoms with van der Waals surface area (Å²) in [6.07, 6.45) is 0.715. The molecular weight excluding hydrogens is 463 g/mol. The molecule has 0 fully saturated rings. The number of nitrogens with one attached hydrogen (secondary N) is 1. The van der Waals surface area contributed by atoms with Crippen LogP contribution in [0, 0.1) is 5.92 Å². The van der Waals surface area contributed by atoms with Gasteiger partial charge in [0.2, 0.25) is 11.8 Å². The second-order valence-electron chi connectivity index (χ2n) is 8.26. The molecule has 1 N–H and O–H groups in total. The third kappa shape index (κ3) is 7.83. The lowest BCUT2D eigenvalue weighted by atomic mass is 10.1. The summed E-state index contributed by atoms with van der Waals surface area (Å²) in [5, 5.41) is 3.88. The Labute approximate surface area is 206 Å². The van der Waals surface area contributed by atoms with Crippen molar-refractivity contribution in [2.24, 2.45) is 5.92 Å². The smallest absolute Gasteiger partial charge is 0.242 e. The Hall–Kier alpha value is -2.44. The van der Waals surface area contributed by atoms with E-state index >= 15 is 0 Å². The number of benzene rings is 2. The fourth-order valence-electron chi connectivity index (χ4n) is 3.30. The number of carbonyl (C=O) groups excluding carboxylic acids is 2. The summed E-state index contributed by atoms with van der Waals surface area (Å²) in [5.74, 6) is 1.19. The summed E-state index contributed by atoms with van der Waals surface area (Å²) in [6, 6.07) is 10.0. The van der Waals surface area contributed by atoms with Gasteiger partial charge in [0.1, 0.15) is 6.04 Å². The molecule has 0 saturated carbocycles. The highest BCUT2D eigenvalue weighted by atomic mass is 35.5. The monoisotopic (exact) mass is 494 g/mol. The Morgan fingerprint density at radius 3 is 2.30 bits per heavy atom. The average Bonchev–Trinajstić information content (AvgIpc) is 2.79. The van der Waals surface area contributed by atoms with Gasteiger partial charge in [-0.25, -0.2) is 0 Å². The highest BCUT2D eigenvalue weighted by Gasteiger charge is 2.26. The molecule has 2 rings (SSSR count). The lowest BCUT2D eigenvalue weighted by Crippen LogP contribution is -2.48. The minimum Gasteiger partial charge on any atom is -0.493 e. The van der Waals surface area contributed by atoms with E-state index in [4.69, 9.17) is 32.7 Å². The van der Waals surface area contributed by atoms with E-state index in [0.717, 1.165) is 11.1 Å². The van der Waals surface area contributed by atoms with Gasteiger partial charge in [-0.2, -0.15) is 0 Å². The number of ether oxygens (including phenoxy) is 2. The normalized spacial score (nSPS) is 11.8. The molecule has 1 atom stereocenters. The van der Waals surface area contributed by atoms with Gasteiger partial charge in [0, 0.05) is 29.6 Å². The van der Waals surface area contributed by atoms with Crippen LogP contribution in [0.1, 0.15) is 38.3 Å². The molecular formula is C25H32Cl2N2O4. The number of rotatable bonds is 11. The maximum absolute atomic E-state index is 13.3. The van der Waals surface area contributed by atoms with Crippen molar-refractivity contribution in [3.8, 4) is 11.5 Å². The predicted octanol–water partition coefficient (Wildman–Crippen LogP) is 5.13. The first kappa shape index (κ1) is 26.8. The lowest BCUT2D eigenvalue weighted by Gasteiger charge is -2.29.